The minimum absolute atomic E-state index is 0.294. The molecule has 17 heavy (non-hydrogen) atoms. The number of pyridine rings is 1. The van der Waals surface area contributed by atoms with E-state index in [9.17, 15) is 4.79 Å². The second-order valence-electron chi connectivity index (χ2n) is 4.12. The fraction of sp³-hybridized carbons (Fsp3) is 0.417. The molecular weight excluding hydrogens is 216 g/mol. The molecule has 2 aromatic rings. The van der Waals surface area contributed by atoms with E-state index in [1.807, 2.05) is 27.7 Å². The molecule has 0 amide bonds. The molecule has 0 atom stereocenters. The van der Waals surface area contributed by atoms with E-state index in [1.54, 1.807) is 6.20 Å². The van der Waals surface area contributed by atoms with Crippen molar-refractivity contribution in [3.05, 3.63) is 33.4 Å². The molecular formula is C12H16N4O. The summed E-state index contributed by atoms with van der Waals surface area (Å²) in [5, 5.41) is 2.97. The van der Waals surface area contributed by atoms with Crippen molar-refractivity contribution in [3.8, 4) is 0 Å². The Morgan fingerprint density at radius 3 is 2.59 bits per heavy atom. The van der Waals surface area contributed by atoms with Crippen molar-refractivity contribution in [2.75, 3.05) is 11.9 Å². The van der Waals surface area contributed by atoms with Gasteiger partial charge in [-0.2, -0.15) is 9.97 Å². The molecule has 0 spiro atoms. The lowest BCUT2D eigenvalue weighted by molar-refractivity contribution is 0.916. The van der Waals surface area contributed by atoms with Crippen LogP contribution in [0.3, 0.4) is 0 Å². The molecule has 5 heteroatoms. The highest BCUT2D eigenvalue weighted by molar-refractivity contribution is 5.54. The summed E-state index contributed by atoms with van der Waals surface area (Å²) >= 11 is 0. The molecule has 0 radical (unpaired) electrons. The molecule has 90 valence electrons. The molecule has 0 saturated carbocycles. The Labute approximate surface area is 99.5 Å². The van der Waals surface area contributed by atoms with Crippen molar-refractivity contribution in [2.24, 2.45) is 0 Å². The lowest BCUT2D eigenvalue weighted by Crippen LogP contribution is -2.22. The topological polar surface area (TPSA) is 59.3 Å². The number of anilines is 1. The van der Waals surface area contributed by atoms with E-state index in [-0.39, 0.29) is 5.69 Å². The number of nitrogens with one attached hydrogen (secondary N) is 1. The van der Waals surface area contributed by atoms with Crippen LogP contribution in [0.15, 0.2) is 11.0 Å². The molecule has 1 N–H and O–H groups in total. The molecule has 2 rings (SSSR count). The van der Waals surface area contributed by atoms with Gasteiger partial charge in [0.1, 0.15) is 5.65 Å². The van der Waals surface area contributed by atoms with Crippen LogP contribution in [0.25, 0.3) is 5.65 Å². The number of hydrogen-bond donors (Lipinski definition) is 1. The number of aromatic nitrogens is 3. The third kappa shape index (κ3) is 1.88. The molecule has 0 fully saturated rings. The molecule has 2 aromatic heterocycles. The average Bonchev–Trinajstić information content (AvgIpc) is 2.29. The van der Waals surface area contributed by atoms with E-state index in [0.717, 1.165) is 16.7 Å². The summed E-state index contributed by atoms with van der Waals surface area (Å²) < 4.78 is 1.50. The number of rotatable bonds is 2. The van der Waals surface area contributed by atoms with Crippen molar-refractivity contribution in [1.82, 2.24) is 14.4 Å². The highest BCUT2D eigenvalue weighted by Gasteiger charge is 2.09. The monoisotopic (exact) mass is 232 g/mol. The minimum atomic E-state index is -0.294. The maximum Gasteiger partial charge on any atom is 0.356 e. The van der Waals surface area contributed by atoms with E-state index < -0.39 is 0 Å². The van der Waals surface area contributed by atoms with Gasteiger partial charge in [0, 0.05) is 12.7 Å². The first-order valence-corrected chi connectivity index (χ1v) is 5.65. The van der Waals surface area contributed by atoms with Crippen molar-refractivity contribution in [1.29, 1.82) is 0 Å². The van der Waals surface area contributed by atoms with E-state index in [4.69, 9.17) is 0 Å². The Kier molecular flexibility index (Phi) is 2.83. The molecule has 0 aliphatic heterocycles. The van der Waals surface area contributed by atoms with Gasteiger partial charge in [-0.3, -0.25) is 4.40 Å². The summed E-state index contributed by atoms with van der Waals surface area (Å²) in [4.78, 5) is 20.1. The highest BCUT2D eigenvalue weighted by atomic mass is 16.1. The largest absolute Gasteiger partial charge is 0.356 e. The van der Waals surface area contributed by atoms with Crippen molar-refractivity contribution >= 4 is 11.6 Å². The maximum absolute atomic E-state index is 11.9. The SMILES string of the molecule is CCNc1nc(=O)n2cc(C)c(C)c(C)c2n1. The zero-order valence-electron chi connectivity index (χ0n) is 10.5. The Balaban J connectivity index is 2.83. The average molecular weight is 232 g/mol. The first-order chi connectivity index (χ1) is 8.04. The van der Waals surface area contributed by atoms with Crippen molar-refractivity contribution in [2.45, 2.75) is 27.7 Å². The molecule has 0 unspecified atom stereocenters. The van der Waals surface area contributed by atoms with Crippen LogP contribution >= 0.6 is 0 Å². The molecule has 0 saturated heterocycles. The summed E-state index contributed by atoms with van der Waals surface area (Å²) in [6, 6.07) is 0. The second-order valence-corrected chi connectivity index (χ2v) is 4.12. The zero-order valence-corrected chi connectivity index (χ0v) is 10.5. The summed E-state index contributed by atoms with van der Waals surface area (Å²) in [7, 11) is 0. The van der Waals surface area contributed by atoms with Crippen LogP contribution < -0.4 is 11.0 Å². The first kappa shape index (κ1) is 11.6. The van der Waals surface area contributed by atoms with Gasteiger partial charge in [-0.15, -0.1) is 0 Å². The lowest BCUT2D eigenvalue weighted by atomic mass is 10.1. The normalized spacial score (nSPS) is 10.8. The molecule has 0 aliphatic rings. The molecule has 0 bridgehead atoms. The lowest BCUT2D eigenvalue weighted by Gasteiger charge is -2.10. The molecule has 0 aliphatic carbocycles. The number of nitrogens with zero attached hydrogens (tertiary/aromatic N) is 3. The first-order valence-electron chi connectivity index (χ1n) is 5.65. The Bertz CT molecular complexity index is 630. The van der Waals surface area contributed by atoms with Gasteiger partial charge < -0.3 is 5.32 Å². The van der Waals surface area contributed by atoms with E-state index in [1.165, 1.54) is 4.40 Å². The summed E-state index contributed by atoms with van der Waals surface area (Å²) in [5.41, 5.74) is 3.62. The van der Waals surface area contributed by atoms with E-state index in [0.29, 0.717) is 18.1 Å². The third-order valence-corrected chi connectivity index (χ3v) is 2.99. The highest BCUT2D eigenvalue weighted by Crippen LogP contribution is 2.15. The van der Waals surface area contributed by atoms with E-state index >= 15 is 0 Å². The zero-order chi connectivity index (χ0) is 12.6. The van der Waals surface area contributed by atoms with Gasteiger partial charge >= 0.3 is 5.69 Å². The standard InChI is InChI=1S/C12H16N4O/c1-5-13-11-14-10-9(4)8(3)7(2)6-16(10)12(17)15-11/h6H,5H2,1-4H3,(H,13,15,17). The van der Waals surface area contributed by atoms with Crippen LogP contribution in [-0.4, -0.2) is 20.9 Å². The summed E-state index contributed by atoms with van der Waals surface area (Å²) in [6.45, 7) is 8.62. The quantitative estimate of drug-likeness (QED) is 0.851. The third-order valence-electron chi connectivity index (χ3n) is 2.99. The number of hydrogen-bond acceptors (Lipinski definition) is 4. The molecule has 5 nitrogen and oxygen atoms in total. The van der Waals surface area contributed by atoms with Gasteiger partial charge in [0.2, 0.25) is 5.95 Å². The van der Waals surface area contributed by atoms with Crippen LogP contribution in [0.1, 0.15) is 23.6 Å². The van der Waals surface area contributed by atoms with Crippen LogP contribution in [0.5, 0.6) is 0 Å². The van der Waals surface area contributed by atoms with Gasteiger partial charge in [0.05, 0.1) is 0 Å². The van der Waals surface area contributed by atoms with Gasteiger partial charge in [0.15, 0.2) is 0 Å². The van der Waals surface area contributed by atoms with Crippen molar-refractivity contribution in [3.63, 3.8) is 0 Å². The van der Waals surface area contributed by atoms with Crippen LogP contribution in [0, 0.1) is 20.8 Å². The van der Waals surface area contributed by atoms with E-state index in [2.05, 4.69) is 15.3 Å². The van der Waals surface area contributed by atoms with Gasteiger partial charge in [-0.25, -0.2) is 4.79 Å². The number of fused-ring (bicyclic) bond motifs is 1. The second kappa shape index (κ2) is 4.16. The van der Waals surface area contributed by atoms with Crippen LogP contribution in [-0.2, 0) is 0 Å². The van der Waals surface area contributed by atoms with Gasteiger partial charge in [-0.05, 0) is 44.4 Å². The maximum atomic E-state index is 11.9. The minimum Gasteiger partial charge on any atom is -0.354 e. The smallest absolute Gasteiger partial charge is 0.354 e. The molecule has 0 aromatic carbocycles. The Morgan fingerprint density at radius 2 is 1.94 bits per heavy atom. The predicted octanol–water partition coefficient (Wildman–Crippen LogP) is 1.45. The predicted molar refractivity (Wildman–Crippen MR) is 67.6 cm³/mol. The summed E-state index contributed by atoms with van der Waals surface area (Å²) in [5.74, 6) is 0.392. The fourth-order valence-corrected chi connectivity index (χ4v) is 1.79. The van der Waals surface area contributed by atoms with Crippen LogP contribution in [0.4, 0.5) is 5.95 Å². The Morgan fingerprint density at radius 1 is 1.24 bits per heavy atom. The van der Waals surface area contributed by atoms with Gasteiger partial charge in [0.25, 0.3) is 0 Å². The number of aryl methyl sites for hydroxylation is 2. The molecule has 2 heterocycles. The van der Waals surface area contributed by atoms with Gasteiger partial charge in [-0.1, -0.05) is 0 Å². The Hall–Kier alpha value is -1.91. The van der Waals surface area contributed by atoms with Crippen LogP contribution in [0.2, 0.25) is 0 Å². The van der Waals surface area contributed by atoms with Crippen molar-refractivity contribution < 1.29 is 0 Å². The fourth-order valence-electron chi connectivity index (χ4n) is 1.79. The summed E-state index contributed by atoms with van der Waals surface area (Å²) in [6.07, 6.45) is 1.79.